The Bertz CT molecular complexity index is 1320. The molecule has 0 radical (unpaired) electrons. The molecule has 0 atom stereocenters. The molecule has 1 heterocycles. The average Bonchev–Trinajstić information content (AvgIpc) is 2.80. The van der Waals surface area contributed by atoms with Gasteiger partial charge in [-0.1, -0.05) is 28.1 Å². The Morgan fingerprint density at radius 3 is 2.56 bits per heavy atom. The second-order valence-corrected chi connectivity index (χ2v) is 7.90. The van der Waals surface area contributed by atoms with Crippen molar-refractivity contribution in [2.45, 2.75) is 13.0 Å². The summed E-state index contributed by atoms with van der Waals surface area (Å²) in [6, 6.07) is 19.7. The maximum absolute atomic E-state index is 12.6. The molecule has 0 saturated carbocycles. The van der Waals surface area contributed by atoms with Gasteiger partial charge >= 0.3 is 0 Å². The highest BCUT2D eigenvalue weighted by atomic mass is 79.9. The number of aryl methyl sites for hydroxylation is 1. The topological polar surface area (TPSA) is 82.4 Å². The second kappa shape index (κ2) is 9.65. The Labute approximate surface area is 192 Å². The number of para-hydroxylation sites is 2. The summed E-state index contributed by atoms with van der Waals surface area (Å²) in [7, 11) is 1.59. The van der Waals surface area contributed by atoms with Crippen molar-refractivity contribution in [2.24, 2.45) is 0 Å². The molecule has 8 heteroatoms. The number of anilines is 1. The van der Waals surface area contributed by atoms with Gasteiger partial charge in [0.25, 0.3) is 5.56 Å². The van der Waals surface area contributed by atoms with Gasteiger partial charge in [-0.25, -0.2) is 4.98 Å². The molecule has 1 aromatic heterocycles. The van der Waals surface area contributed by atoms with Crippen molar-refractivity contribution in [3.63, 3.8) is 0 Å². The lowest BCUT2D eigenvalue weighted by atomic mass is 10.2. The number of amides is 1. The molecule has 4 aromatic rings. The van der Waals surface area contributed by atoms with Gasteiger partial charge in [0, 0.05) is 23.1 Å². The Morgan fingerprint density at radius 2 is 1.81 bits per heavy atom. The van der Waals surface area contributed by atoms with E-state index < -0.39 is 0 Å². The molecule has 1 N–H and O–H groups in total. The number of hydrogen-bond acceptors (Lipinski definition) is 5. The normalized spacial score (nSPS) is 10.7. The molecule has 0 fully saturated rings. The fraction of sp³-hybridized carbons (Fsp3) is 0.125. The summed E-state index contributed by atoms with van der Waals surface area (Å²) in [5, 5.41) is 3.34. The lowest BCUT2D eigenvalue weighted by Crippen LogP contribution is -2.23. The zero-order valence-corrected chi connectivity index (χ0v) is 18.8. The lowest BCUT2D eigenvalue weighted by molar-refractivity contribution is -0.116. The van der Waals surface area contributed by atoms with E-state index in [1.807, 2.05) is 30.3 Å². The minimum atomic E-state index is -0.204. The Kier molecular flexibility index (Phi) is 6.51. The number of hydrogen-bond donors (Lipinski definition) is 1. The van der Waals surface area contributed by atoms with E-state index in [9.17, 15) is 9.59 Å². The number of methoxy groups -OCH3 is 1. The molecule has 162 valence electrons. The molecule has 7 nitrogen and oxygen atoms in total. The molecule has 4 rings (SSSR count). The molecule has 32 heavy (non-hydrogen) atoms. The van der Waals surface area contributed by atoms with Crippen molar-refractivity contribution >= 4 is 38.4 Å². The number of carbonyl (C=O) groups excluding carboxylic acids is 1. The molecule has 0 unspecified atom stereocenters. The third-order valence-electron chi connectivity index (χ3n) is 4.80. The summed E-state index contributed by atoms with van der Waals surface area (Å²) >= 11 is 3.37. The lowest BCUT2D eigenvalue weighted by Gasteiger charge is -2.11. The van der Waals surface area contributed by atoms with Crippen LogP contribution in [0.1, 0.15) is 6.42 Å². The van der Waals surface area contributed by atoms with Crippen LogP contribution in [0.3, 0.4) is 0 Å². The summed E-state index contributed by atoms with van der Waals surface area (Å²) in [6.07, 6.45) is 1.61. The number of nitrogens with one attached hydrogen (secondary N) is 1. The number of nitrogens with zero attached hydrogens (tertiary/aromatic N) is 2. The van der Waals surface area contributed by atoms with Gasteiger partial charge in [0.2, 0.25) is 5.91 Å². The first-order valence-electron chi connectivity index (χ1n) is 9.89. The molecular weight excluding hydrogens is 474 g/mol. The van der Waals surface area contributed by atoms with Gasteiger partial charge in [0.05, 0.1) is 24.3 Å². The minimum absolute atomic E-state index is 0.139. The maximum Gasteiger partial charge on any atom is 0.261 e. The summed E-state index contributed by atoms with van der Waals surface area (Å²) < 4.78 is 13.4. The van der Waals surface area contributed by atoms with Crippen molar-refractivity contribution < 1.29 is 14.3 Å². The molecule has 0 aliphatic heterocycles. The molecular formula is C24H20BrN3O4. The average molecular weight is 494 g/mol. The molecule has 3 aromatic carbocycles. The van der Waals surface area contributed by atoms with Gasteiger partial charge in [-0.05, 0) is 54.6 Å². The van der Waals surface area contributed by atoms with Crippen molar-refractivity contribution in [2.75, 3.05) is 12.4 Å². The van der Waals surface area contributed by atoms with Crippen LogP contribution < -0.4 is 20.3 Å². The first-order valence-corrected chi connectivity index (χ1v) is 10.7. The highest BCUT2D eigenvalue weighted by molar-refractivity contribution is 9.10. The largest absolute Gasteiger partial charge is 0.493 e. The van der Waals surface area contributed by atoms with Gasteiger partial charge < -0.3 is 14.8 Å². The number of halogens is 1. The van der Waals surface area contributed by atoms with E-state index >= 15 is 0 Å². The van der Waals surface area contributed by atoms with Crippen LogP contribution in [0.5, 0.6) is 17.2 Å². The standard InChI is InChI=1S/C24H20BrN3O4/c1-31-21-4-2-3-5-22(21)32-18-9-7-17(8-10-18)27-23(29)12-13-28-15-26-20-11-6-16(25)14-19(20)24(28)30/h2-11,14-15H,12-13H2,1H3,(H,27,29). The van der Waals surface area contributed by atoms with E-state index in [0.29, 0.717) is 33.8 Å². The minimum Gasteiger partial charge on any atom is -0.493 e. The van der Waals surface area contributed by atoms with E-state index in [0.717, 1.165) is 4.47 Å². The number of benzene rings is 3. The van der Waals surface area contributed by atoms with Crippen LogP contribution in [0.4, 0.5) is 5.69 Å². The summed E-state index contributed by atoms with van der Waals surface area (Å²) in [4.78, 5) is 29.3. The third kappa shape index (κ3) is 4.97. The zero-order valence-electron chi connectivity index (χ0n) is 17.2. The smallest absolute Gasteiger partial charge is 0.261 e. The first kappa shape index (κ1) is 21.6. The third-order valence-corrected chi connectivity index (χ3v) is 5.29. The highest BCUT2D eigenvalue weighted by Crippen LogP contribution is 2.31. The van der Waals surface area contributed by atoms with E-state index in [4.69, 9.17) is 9.47 Å². The number of carbonyl (C=O) groups is 1. The van der Waals surface area contributed by atoms with Crippen LogP contribution in [0.25, 0.3) is 10.9 Å². The van der Waals surface area contributed by atoms with Crippen molar-refractivity contribution in [1.82, 2.24) is 9.55 Å². The maximum atomic E-state index is 12.6. The van der Waals surface area contributed by atoms with E-state index in [-0.39, 0.29) is 24.4 Å². The molecule has 0 aliphatic carbocycles. The van der Waals surface area contributed by atoms with Crippen LogP contribution in [0.2, 0.25) is 0 Å². The second-order valence-electron chi connectivity index (χ2n) is 6.98. The summed E-state index contributed by atoms with van der Waals surface area (Å²) in [5.41, 5.74) is 1.08. The predicted molar refractivity (Wildman–Crippen MR) is 126 cm³/mol. The number of ether oxygens (including phenoxy) is 2. The summed E-state index contributed by atoms with van der Waals surface area (Å²) in [5.74, 6) is 1.65. The highest BCUT2D eigenvalue weighted by Gasteiger charge is 2.09. The Balaban J connectivity index is 1.37. The van der Waals surface area contributed by atoms with Gasteiger partial charge in [0.1, 0.15) is 5.75 Å². The van der Waals surface area contributed by atoms with Crippen LogP contribution in [0.15, 0.2) is 82.3 Å². The van der Waals surface area contributed by atoms with Crippen LogP contribution in [0, 0.1) is 0 Å². The molecule has 0 saturated heterocycles. The van der Waals surface area contributed by atoms with Gasteiger partial charge in [-0.3, -0.25) is 14.2 Å². The van der Waals surface area contributed by atoms with E-state index in [1.54, 1.807) is 43.5 Å². The first-order chi connectivity index (χ1) is 15.5. The van der Waals surface area contributed by atoms with Crippen LogP contribution in [-0.2, 0) is 11.3 Å². The Hall–Kier alpha value is -3.65. The monoisotopic (exact) mass is 493 g/mol. The van der Waals surface area contributed by atoms with Crippen LogP contribution in [-0.4, -0.2) is 22.6 Å². The fourth-order valence-corrected chi connectivity index (χ4v) is 3.53. The van der Waals surface area contributed by atoms with Gasteiger partial charge in [-0.2, -0.15) is 0 Å². The molecule has 0 spiro atoms. The van der Waals surface area contributed by atoms with Gasteiger partial charge in [0.15, 0.2) is 11.5 Å². The van der Waals surface area contributed by atoms with Crippen molar-refractivity contribution in [3.8, 4) is 17.2 Å². The zero-order chi connectivity index (χ0) is 22.5. The number of fused-ring (bicyclic) bond motifs is 1. The molecule has 1 amide bonds. The number of rotatable bonds is 7. The van der Waals surface area contributed by atoms with Crippen LogP contribution >= 0.6 is 15.9 Å². The Morgan fingerprint density at radius 1 is 1.06 bits per heavy atom. The molecule has 0 aliphatic rings. The SMILES string of the molecule is COc1ccccc1Oc1ccc(NC(=O)CCn2cnc3ccc(Br)cc3c2=O)cc1. The summed E-state index contributed by atoms with van der Waals surface area (Å²) in [6.45, 7) is 0.231. The fourth-order valence-electron chi connectivity index (χ4n) is 3.17. The van der Waals surface area contributed by atoms with Crippen molar-refractivity contribution in [3.05, 3.63) is 87.9 Å². The van der Waals surface area contributed by atoms with Crippen molar-refractivity contribution in [1.29, 1.82) is 0 Å². The number of aromatic nitrogens is 2. The van der Waals surface area contributed by atoms with E-state index in [1.165, 1.54) is 10.9 Å². The van der Waals surface area contributed by atoms with E-state index in [2.05, 4.69) is 26.2 Å². The predicted octanol–water partition coefficient (Wildman–Crippen LogP) is 4.99. The van der Waals surface area contributed by atoms with Gasteiger partial charge in [-0.15, -0.1) is 0 Å². The quantitative estimate of drug-likeness (QED) is 0.392. The molecule has 0 bridgehead atoms.